The van der Waals surface area contributed by atoms with Gasteiger partial charge in [-0.15, -0.1) is 0 Å². The number of amides is 1. The molecule has 6 heteroatoms. The second kappa shape index (κ2) is 5.86. The highest BCUT2D eigenvalue weighted by Gasteiger charge is 2.40. The van der Waals surface area contributed by atoms with Crippen molar-refractivity contribution in [3.8, 4) is 12.1 Å². The van der Waals surface area contributed by atoms with Gasteiger partial charge in [0.05, 0.1) is 12.1 Å². The molecule has 1 amide bonds. The van der Waals surface area contributed by atoms with Crippen molar-refractivity contribution >= 4 is 11.9 Å². The first-order valence-corrected chi connectivity index (χ1v) is 5.01. The Morgan fingerprint density at radius 2 is 1.65 bits per heavy atom. The summed E-state index contributed by atoms with van der Waals surface area (Å²) in [5.41, 5.74) is -0.772. The molecule has 6 nitrogen and oxygen atoms in total. The molecule has 0 aromatic heterocycles. The normalized spacial score (nSPS) is 12.1. The number of carbonyl (C=O) groups excluding carboxylic acids is 1. The van der Waals surface area contributed by atoms with Crippen molar-refractivity contribution in [2.45, 2.75) is 20.8 Å². The highest BCUT2D eigenvalue weighted by Crippen LogP contribution is 2.27. The van der Waals surface area contributed by atoms with Crippen LogP contribution in [0.4, 0.5) is 0 Å². The summed E-state index contributed by atoms with van der Waals surface area (Å²) in [6.45, 7) is 4.31. The maximum atomic E-state index is 12.0. The van der Waals surface area contributed by atoms with Crippen LogP contribution < -0.4 is 0 Å². The number of nitrogens with zero attached hydrogens (tertiary/aromatic N) is 3. The molecule has 0 spiro atoms. The Morgan fingerprint density at radius 3 is 1.88 bits per heavy atom. The van der Waals surface area contributed by atoms with Crippen LogP contribution in [0.5, 0.6) is 0 Å². The van der Waals surface area contributed by atoms with Crippen LogP contribution in [0.15, 0.2) is 0 Å². The van der Waals surface area contributed by atoms with Gasteiger partial charge < -0.3 is 10.0 Å². The SMILES string of the molecule is CC(C)(C)C(C(=O)O)C(=O)N(CC#N)CC#N. The van der Waals surface area contributed by atoms with Crippen molar-refractivity contribution in [1.29, 1.82) is 10.5 Å². The third-order valence-corrected chi connectivity index (χ3v) is 2.19. The number of carbonyl (C=O) groups is 2. The third-order valence-electron chi connectivity index (χ3n) is 2.19. The molecule has 0 radical (unpaired) electrons. The summed E-state index contributed by atoms with van der Waals surface area (Å²) in [5, 5.41) is 26.1. The van der Waals surface area contributed by atoms with Crippen LogP contribution >= 0.6 is 0 Å². The van der Waals surface area contributed by atoms with E-state index in [0.717, 1.165) is 4.90 Å². The fraction of sp³-hybridized carbons (Fsp3) is 0.636. The van der Waals surface area contributed by atoms with Crippen molar-refractivity contribution in [2.75, 3.05) is 13.1 Å². The van der Waals surface area contributed by atoms with Gasteiger partial charge in [-0.1, -0.05) is 20.8 Å². The van der Waals surface area contributed by atoms with Crippen LogP contribution in [0.2, 0.25) is 0 Å². The molecule has 0 rings (SSSR count). The van der Waals surface area contributed by atoms with Crippen LogP contribution in [0.3, 0.4) is 0 Å². The van der Waals surface area contributed by atoms with Crippen molar-refractivity contribution in [3.05, 3.63) is 0 Å². The summed E-state index contributed by atoms with van der Waals surface area (Å²) in [5.74, 6) is -3.21. The minimum absolute atomic E-state index is 0.285. The minimum Gasteiger partial charge on any atom is -0.481 e. The third kappa shape index (κ3) is 4.12. The van der Waals surface area contributed by atoms with Crippen molar-refractivity contribution in [1.82, 2.24) is 4.90 Å². The highest BCUT2D eigenvalue weighted by molar-refractivity contribution is 5.97. The van der Waals surface area contributed by atoms with Crippen molar-refractivity contribution in [3.63, 3.8) is 0 Å². The molecule has 0 aliphatic carbocycles. The molecule has 0 heterocycles. The summed E-state index contributed by atoms with van der Waals surface area (Å²) in [7, 11) is 0. The Morgan fingerprint density at radius 1 is 1.24 bits per heavy atom. The predicted octanol–water partition coefficient (Wildman–Crippen LogP) is 0.609. The lowest BCUT2D eigenvalue weighted by atomic mass is 9.80. The van der Waals surface area contributed by atoms with Crippen LogP contribution in [0.1, 0.15) is 20.8 Å². The molecule has 0 bridgehead atoms. The molecule has 0 aliphatic heterocycles. The molecule has 0 aromatic carbocycles. The quantitative estimate of drug-likeness (QED) is 0.569. The van der Waals surface area contributed by atoms with Crippen LogP contribution in [0, 0.1) is 34.0 Å². The largest absolute Gasteiger partial charge is 0.481 e. The highest BCUT2D eigenvalue weighted by atomic mass is 16.4. The van der Waals surface area contributed by atoms with E-state index in [1.54, 1.807) is 32.9 Å². The van der Waals surface area contributed by atoms with Gasteiger partial charge in [0.15, 0.2) is 0 Å². The molecule has 0 aliphatic rings. The summed E-state index contributed by atoms with van der Waals surface area (Å²) in [6, 6.07) is 3.48. The molecule has 17 heavy (non-hydrogen) atoms. The second-order valence-corrected chi connectivity index (χ2v) is 4.65. The molecular weight excluding hydrogens is 222 g/mol. The summed E-state index contributed by atoms with van der Waals surface area (Å²) >= 11 is 0. The van der Waals surface area contributed by atoms with E-state index in [4.69, 9.17) is 15.6 Å². The zero-order valence-corrected chi connectivity index (χ0v) is 10.1. The van der Waals surface area contributed by atoms with E-state index >= 15 is 0 Å². The Balaban J connectivity index is 5.14. The molecular formula is C11H15N3O3. The Kier molecular flexibility index (Phi) is 5.14. The first-order valence-electron chi connectivity index (χ1n) is 5.01. The summed E-state index contributed by atoms with van der Waals surface area (Å²) in [6.07, 6.45) is 0. The lowest BCUT2D eigenvalue weighted by molar-refractivity contribution is -0.155. The zero-order valence-electron chi connectivity index (χ0n) is 10.1. The maximum absolute atomic E-state index is 12.0. The van der Waals surface area contributed by atoms with E-state index in [-0.39, 0.29) is 13.1 Å². The van der Waals surface area contributed by atoms with Gasteiger partial charge in [-0.2, -0.15) is 10.5 Å². The minimum atomic E-state index is -1.26. The van der Waals surface area contributed by atoms with E-state index in [0.29, 0.717) is 0 Å². The number of hydrogen-bond donors (Lipinski definition) is 1. The van der Waals surface area contributed by atoms with Crippen LogP contribution in [0.25, 0.3) is 0 Å². The molecule has 1 unspecified atom stereocenters. The van der Waals surface area contributed by atoms with Crippen LogP contribution in [-0.4, -0.2) is 35.0 Å². The number of hydrogen-bond acceptors (Lipinski definition) is 4. The Labute approximate surface area is 100 Å². The maximum Gasteiger partial charge on any atom is 0.316 e. The number of rotatable bonds is 4. The Bertz CT molecular complexity index is 368. The van der Waals surface area contributed by atoms with Crippen LogP contribution in [-0.2, 0) is 9.59 Å². The summed E-state index contributed by atoms with van der Waals surface area (Å²) in [4.78, 5) is 24.0. The van der Waals surface area contributed by atoms with E-state index in [2.05, 4.69) is 0 Å². The topological polar surface area (TPSA) is 105 Å². The van der Waals surface area contributed by atoms with Gasteiger partial charge in [0.1, 0.15) is 19.0 Å². The molecule has 1 N–H and O–H groups in total. The fourth-order valence-corrected chi connectivity index (χ4v) is 1.41. The molecule has 92 valence electrons. The Hall–Kier alpha value is -2.08. The van der Waals surface area contributed by atoms with E-state index in [9.17, 15) is 9.59 Å². The molecule has 0 fully saturated rings. The van der Waals surface area contributed by atoms with Gasteiger partial charge in [0, 0.05) is 0 Å². The average molecular weight is 237 g/mol. The first kappa shape index (κ1) is 14.9. The van der Waals surface area contributed by atoms with Gasteiger partial charge in [0.2, 0.25) is 5.91 Å². The van der Waals surface area contributed by atoms with Gasteiger partial charge in [-0.05, 0) is 5.41 Å². The van der Waals surface area contributed by atoms with E-state index in [1.807, 2.05) is 0 Å². The summed E-state index contributed by atoms with van der Waals surface area (Å²) < 4.78 is 0. The fourth-order valence-electron chi connectivity index (χ4n) is 1.41. The number of carboxylic acid groups (broad SMARTS) is 1. The lowest BCUT2D eigenvalue weighted by Gasteiger charge is -2.29. The zero-order chi connectivity index (χ0) is 13.6. The average Bonchev–Trinajstić information content (AvgIpc) is 2.14. The van der Waals surface area contributed by atoms with E-state index < -0.39 is 23.2 Å². The number of nitriles is 2. The molecule has 0 aromatic rings. The standard InChI is InChI=1S/C11H15N3O3/c1-11(2,3)8(10(16)17)9(15)14(6-4-12)7-5-13/h8H,6-7H2,1-3H3,(H,16,17). The number of aliphatic carboxylic acids is 1. The van der Waals surface area contributed by atoms with Gasteiger partial charge in [-0.3, -0.25) is 9.59 Å². The van der Waals surface area contributed by atoms with Crippen molar-refractivity contribution < 1.29 is 14.7 Å². The molecule has 0 saturated heterocycles. The monoisotopic (exact) mass is 237 g/mol. The molecule has 0 saturated carbocycles. The first-order chi connectivity index (χ1) is 7.75. The lowest BCUT2D eigenvalue weighted by Crippen LogP contribution is -2.45. The van der Waals surface area contributed by atoms with Crippen molar-refractivity contribution in [2.24, 2.45) is 11.3 Å². The second-order valence-electron chi connectivity index (χ2n) is 4.65. The predicted molar refractivity (Wildman–Crippen MR) is 58.4 cm³/mol. The van der Waals surface area contributed by atoms with Gasteiger partial charge in [-0.25, -0.2) is 0 Å². The smallest absolute Gasteiger partial charge is 0.316 e. The van der Waals surface area contributed by atoms with Gasteiger partial charge >= 0.3 is 5.97 Å². The van der Waals surface area contributed by atoms with E-state index in [1.165, 1.54) is 0 Å². The molecule has 1 atom stereocenters. The number of carboxylic acids is 1. The van der Waals surface area contributed by atoms with Gasteiger partial charge in [0.25, 0.3) is 0 Å².